The van der Waals surface area contributed by atoms with Gasteiger partial charge in [-0.2, -0.15) is 5.26 Å². The Labute approximate surface area is 198 Å². The summed E-state index contributed by atoms with van der Waals surface area (Å²) in [5, 5.41) is 12.2. The molecule has 0 unspecified atom stereocenters. The standard InChI is InChI=1S/C24H22N4O5S/c1-3-33-23(31)20-19(15-7-5-4-6-8-15)14(2)34-21(20)26-18(29)13-28-22(30)16(11-25)12-27(24(28)32)17-9-10-17/h4-8,12,17H,3,9-10,13H2,1-2H3,(H,26,29). The van der Waals surface area contributed by atoms with Crippen molar-refractivity contribution in [2.24, 2.45) is 0 Å². The molecule has 0 atom stereocenters. The van der Waals surface area contributed by atoms with Gasteiger partial charge in [0.15, 0.2) is 0 Å². The smallest absolute Gasteiger partial charge is 0.341 e. The molecule has 1 aliphatic rings. The number of anilines is 1. The lowest BCUT2D eigenvalue weighted by atomic mass is 10.0. The van der Waals surface area contributed by atoms with Crippen LogP contribution in [0.3, 0.4) is 0 Å². The molecule has 3 aromatic rings. The summed E-state index contributed by atoms with van der Waals surface area (Å²) in [7, 11) is 0. The molecule has 1 fully saturated rings. The van der Waals surface area contributed by atoms with Crippen LogP contribution in [-0.2, 0) is 16.1 Å². The number of esters is 1. The molecular weight excluding hydrogens is 456 g/mol. The minimum atomic E-state index is -0.822. The van der Waals surface area contributed by atoms with Crippen LogP contribution in [-0.4, -0.2) is 27.6 Å². The van der Waals surface area contributed by atoms with Gasteiger partial charge in [0.1, 0.15) is 28.7 Å². The Balaban J connectivity index is 1.70. The number of rotatable bonds is 7. The molecule has 10 heteroatoms. The number of thiophene rings is 1. The van der Waals surface area contributed by atoms with E-state index in [4.69, 9.17) is 4.74 Å². The molecule has 174 valence electrons. The van der Waals surface area contributed by atoms with Gasteiger partial charge in [0.25, 0.3) is 5.56 Å². The summed E-state index contributed by atoms with van der Waals surface area (Å²) in [5.41, 5.74) is 0.00325. The Bertz CT molecular complexity index is 1420. The van der Waals surface area contributed by atoms with Crippen LogP contribution >= 0.6 is 11.3 Å². The van der Waals surface area contributed by atoms with Crippen molar-refractivity contribution >= 4 is 28.2 Å². The molecule has 1 N–H and O–H groups in total. The number of nitrogens with one attached hydrogen (secondary N) is 1. The summed E-state index contributed by atoms with van der Waals surface area (Å²) in [4.78, 5) is 51.9. The first-order valence-electron chi connectivity index (χ1n) is 10.8. The molecule has 1 amide bonds. The Morgan fingerprint density at radius 1 is 1.24 bits per heavy atom. The number of carbonyl (C=O) groups excluding carboxylic acids is 2. The highest BCUT2D eigenvalue weighted by molar-refractivity contribution is 7.17. The predicted molar refractivity (Wildman–Crippen MR) is 127 cm³/mol. The highest BCUT2D eigenvalue weighted by Crippen LogP contribution is 2.40. The normalized spacial score (nSPS) is 12.7. The molecule has 0 saturated heterocycles. The molecular formula is C24H22N4O5S. The fraction of sp³-hybridized carbons (Fsp3) is 0.292. The quantitative estimate of drug-likeness (QED) is 0.521. The fourth-order valence-electron chi connectivity index (χ4n) is 3.74. The number of aromatic nitrogens is 2. The van der Waals surface area contributed by atoms with Gasteiger partial charge in [0.2, 0.25) is 5.91 Å². The van der Waals surface area contributed by atoms with Crippen LogP contribution in [0.2, 0.25) is 0 Å². The average molecular weight is 479 g/mol. The molecule has 34 heavy (non-hydrogen) atoms. The van der Waals surface area contributed by atoms with Gasteiger partial charge < -0.3 is 10.1 Å². The van der Waals surface area contributed by atoms with Crippen molar-refractivity contribution in [3.8, 4) is 17.2 Å². The molecule has 4 rings (SSSR count). The van der Waals surface area contributed by atoms with E-state index in [1.54, 1.807) is 13.0 Å². The lowest BCUT2D eigenvalue weighted by molar-refractivity contribution is -0.116. The SMILES string of the molecule is CCOC(=O)c1c(NC(=O)Cn2c(=O)c(C#N)cn(C3CC3)c2=O)sc(C)c1-c1ccccc1. The zero-order valence-corrected chi connectivity index (χ0v) is 19.5. The summed E-state index contributed by atoms with van der Waals surface area (Å²) in [6.07, 6.45) is 2.80. The van der Waals surface area contributed by atoms with E-state index in [1.165, 1.54) is 22.1 Å². The number of hydrogen-bond donors (Lipinski definition) is 1. The molecule has 0 bridgehead atoms. The van der Waals surface area contributed by atoms with Crippen molar-refractivity contribution in [2.45, 2.75) is 39.3 Å². The maximum atomic E-state index is 12.9. The fourth-order valence-corrected chi connectivity index (χ4v) is 4.83. The molecule has 0 aliphatic heterocycles. The topological polar surface area (TPSA) is 123 Å². The van der Waals surface area contributed by atoms with Crippen molar-refractivity contribution in [1.82, 2.24) is 9.13 Å². The molecule has 0 radical (unpaired) electrons. The maximum absolute atomic E-state index is 12.9. The minimum absolute atomic E-state index is 0.0710. The van der Waals surface area contributed by atoms with Crippen molar-refractivity contribution in [1.29, 1.82) is 5.26 Å². The van der Waals surface area contributed by atoms with Crippen LogP contribution in [0, 0.1) is 18.3 Å². The van der Waals surface area contributed by atoms with Gasteiger partial charge in [-0.15, -0.1) is 11.3 Å². The zero-order valence-electron chi connectivity index (χ0n) is 18.7. The Hall–Kier alpha value is -3.97. The second kappa shape index (κ2) is 9.49. The molecule has 9 nitrogen and oxygen atoms in total. The van der Waals surface area contributed by atoms with Gasteiger partial charge in [0, 0.05) is 22.7 Å². The first kappa shape index (κ1) is 23.2. The molecule has 1 saturated carbocycles. The highest BCUT2D eigenvalue weighted by atomic mass is 32.1. The predicted octanol–water partition coefficient (Wildman–Crippen LogP) is 3.07. The monoisotopic (exact) mass is 478 g/mol. The van der Waals surface area contributed by atoms with Crippen molar-refractivity contribution in [2.75, 3.05) is 11.9 Å². The Morgan fingerprint density at radius 3 is 2.56 bits per heavy atom. The zero-order chi connectivity index (χ0) is 24.4. The number of aryl methyl sites for hydroxylation is 1. The Morgan fingerprint density at radius 2 is 1.94 bits per heavy atom. The van der Waals surface area contributed by atoms with Crippen LogP contribution in [0.15, 0.2) is 46.1 Å². The first-order chi connectivity index (χ1) is 16.3. The van der Waals surface area contributed by atoms with Gasteiger partial charge in [-0.25, -0.2) is 14.2 Å². The molecule has 1 aromatic carbocycles. The number of carbonyl (C=O) groups is 2. The van der Waals surface area contributed by atoms with Gasteiger partial charge in [-0.3, -0.25) is 14.2 Å². The third kappa shape index (κ3) is 4.43. The number of benzene rings is 1. The van der Waals surface area contributed by atoms with Crippen LogP contribution < -0.4 is 16.6 Å². The largest absolute Gasteiger partial charge is 0.462 e. The van der Waals surface area contributed by atoms with Gasteiger partial charge in [-0.05, 0) is 32.3 Å². The number of hydrogen-bond acceptors (Lipinski definition) is 7. The van der Waals surface area contributed by atoms with E-state index in [2.05, 4.69) is 5.32 Å². The summed E-state index contributed by atoms with van der Waals surface area (Å²) < 4.78 is 7.33. The van der Waals surface area contributed by atoms with Crippen LogP contribution in [0.4, 0.5) is 5.00 Å². The lowest BCUT2D eigenvalue weighted by Crippen LogP contribution is -2.43. The molecule has 2 aromatic heterocycles. The molecule has 1 aliphatic carbocycles. The number of nitriles is 1. The van der Waals surface area contributed by atoms with Crippen molar-refractivity contribution in [3.05, 3.63) is 73.4 Å². The lowest BCUT2D eigenvalue weighted by Gasteiger charge is -2.11. The molecule has 0 spiro atoms. The summed E-state index contributed by atoms with van der Waals surface area (Å²) in [5.74, 6) is -1.25. The van der Waals surface area contributed by atoms with Gasteiger partial charge in [-0.1, -0.05) is 30.3 Å². The van der Waals surface area contributed by atoms with Crippen LogP contribution in [0.1, 0.15) is 46.6 Å². The van der Waals surface area contributed by atoms with Crippen molar-refractivity contribution in [3.63, 3.8) is 0 Å². The maximum Gasteiger partial charge on any atom is 0.341 e. The van der Waals surface area contributed by atoms with E-state index in [0.29, 0.717) is 5.56 Å². The van der Waals surface area contributed by atoms with E-state index in [0.717, 1.165) is 27.8 Å². The first-order valence-corrected chi connectivity index (χ1v) is 11.6. The molecule has 2 heterocycles. The third-order valence-corrected chi connectivity index (χ3v) is 6.46. The summed E-state index contributed by atoms with van der Waals surface area (Å²) in [6.45, 7) is 3.10. The Kier molecular flexibility index (Phi) is 6.47. The summed E-state index contributed by atoms with van der Waals surface area (Å²) >= 11 is 1.21. The number of nitrogens with zero attached hydrogens (tertiary/aromatic N) is 3. The average Bonchev–Trinajstić information content (AvgIpc) is 3.60. The van der Waals surface area contributed by atoms with Crippen molar-refractivity contribution < 1.29 is 14.3 Å². The third-order valence-electron chi connectivity index (χ3n) is 5.44. The van der Waals surface area contributed by atoms with E-state index in [-0.39, 0.29) is 28.8 Å². The van der Waals surface area contributed by atoms with E-state index in [1.807, 2.05) is 37.3 Å². The van der Waals surface area contributed by atoms with Gasteiger partial charge in [0.05, 0.1) is 6.61 Å². The van der Waals surface area contributed by atoms with E-state index < -0.39 is 29.7 Å². The second-order valence-corrected chi connectivity index (χ2v) is 9.06. The minimum Gasteiger partial charge on any atom is -0.462 e. The van der Waals surface area contributed by atoms with Crippen LogP contribution in [0.5, 0.6) is 0 Å². The van der Waals surface area contributed by atoms with Crippen LogP contribution in [0.25, 0.3) is 11.1 Å². The number of ether oxygens (including phenoxy) is 1. The van der Waals surface area contributed by atoms with E-state index >= 15 is 0 Å². The number of amides is 1. The van der Waals surface area contributed by atoms with Gasteiger partial charge >= 0.3 is 11.7 Å². The van der Waals surface area contributed by atoms with E-state index in [9.17, 15) is 24.4 Å². The summed E-state index contributed by atoms with van der Waals surface area (Å²) in [6, 6.07) is 11.0. The second-order valence-electron chi connectivity index (χ2n) is 7.84. The highest BCUT2D eigenvalue weighted by Gasteiger charge is 2.28.